The molecule has 20 heavy (non-hydrogen) atoms. The van der Waals surface area contributed by atoms with Crippen molar-refractivity contribution in [1.82, 2.24) is 5.32 Å². The van der Waals surface area contributed by atoms with Gasteiger partial charge in [0, 0.05) is 13.1 Å². The third kappa shape index (κ3) is 5.51. The Morgan fingerprint density at radius 1 is 1.15 bits per heavy atom. The molecule has 0 aliphatic carbocycles. The predicted molar refractivity (Wildman–Crippen MR) is 86.5 cm³/mol. The zero-order valence-corrected chi connectivity index (χ0v) is 13.5. The molecule has 0 spiro atoms. The molecule has 0 heterocycles. The first-order chi connectivity index (χ1) is 9.46. The molecule has 1 aromatic carbocycles. The molecule has 1 rings (SSSR count). The molecule has 0 saturated heterocycles. The molecular weight excluding hydrogens is 248 g/mol. The number of unbranched alkanes of at least 4 members (excludes halogenated alkanes) is 1. The quantitative estimate of drug-likeness (QED) is 0.719. The average Bonchev–Trinajstić information content (AvgIpc) is 2.38. The molecule has 0 unspecified atom stereocenters. The van der Waals surface area contributed by atoms with Gasteiger partial charge in [-0.2, -0.15) is 0 Å². The highest BCUT2D eigenvalue weighted by molar-refractivity contribution is 5.44. The summed E-state index contributed by atoms with van der Waals surface area (Å²) in [6, 6.07) is 6.40. The lowest BCUT2D eigenvalue weighted by Gasteiger charge is -2.24. The van der Waals surface area contributed by atoms with Crippen molar-refractivity contribution in [3.8, 4) is 5.75 Å². The molecule has 0 aliphatic heterocycles. The Morgan fingerprint density at radius 3 is 2.55 bits per heavy atom. The summed E-state index contributed by atoms with van der Waals surface area (Å²) in [7, 11) is 0. The van der Waals surface area contributed by atoms with Gasteiger partial charge in [0.15, 0.2) is 0 Å². The van der Waals surface area contributed by atoms with E-state index in [1.54, 1.807) is 0 Å². The highest BCUT2D eigenvalue weighted by Gasteiger charge is 2.19. The van der Waals surface area contributed by atoms with Gasteiger partial charge in [-0.1, -0.05) is 39.0 Å². The van der Waals surface area contributed by atoms with Gasteiger partial charge >= 0.3 is 0 Å². The van der Waals surface area contributed by atoms with Crippen LogP contribution < -0.4 is 15.8 Å². The van der Waals surface area contributed by atoms with Gasteiger partial charge in [0.25, 0.3) is 0 Å². The van der Waals surface area contributed by atoms with Crippen LogP contribution >= 0.6 is 0 Å². The van der Waals surface area contributed by atoms with Gasteiger partial charge in [0.2, 0.25) is 0 Å². The van der Waals surface area contributed by atoms with E-state index in [0.29, 0.717) is 6.54 Å². The van der Waals surface area contributed by atoms with Crippen LogP contribution in [0.15, 0.2) is 18.2 Å². The van der Waals surface area contributed by atoms with Gasteiger partial charge in [-0.15, -0.1) is 0 Å². The molecule has 0 aromatic heterocycles. The maximum absolute atomic E-state index is 6.05. The van der Waals surface area contributed by atoms with Crippen molar-refractivity contribution in [1.29, 1.82) is 0 Å². The van der Waals surface area contributed by atoms with Gasteiger partial charge in [-0.25, -0.2) is 0 Å². The fraction of sp³-hybridized carbons (Fsp3) is 0.647. The fourth-order valence-corrected chi connectivity index (χ4v) is 2.19. The van der Waals surface area contributed by atoms with Crippen LogP contribution in [-0.4, -0.2) is 26.2 Å². The number of ether oxygens (including phenoxy) is 1. The van der Waals surface area contributed by atoms with Crippen molar-refractivity contribution in [2.45, 2.75) is 46.0 Å². The Hall–Kier alpha value is -1.06. The minimum Gasteiger partial charge on any atom is -0.493 e. The van der Waals surface area contributed by atoms with E-state index in [1.165, 1.54) is 11.1 Å². The lowest BCUT2D eigenvalue weighted by atomic mass is 9.85. The fourth-order valence-electron chi connectivity index (χ4n) is 2.19. The van der Waals surface area contributed by atoms with Crippen LogP contribution in [0.25, 0.3) is 0 Å². The molecule has 0 aliphatic rings. The van der Waals surface area contributed by atoms with Crippen LogP contribution in [0.5, 0.6) is 5.75 Å². The van der Waals surface area contributed by atoms with Crippen LogP contribution in [-0.2, 0) is 5.41 Å². The molecule has 0 bridgehead atoms. The summed E-state index contributed by atoms with van der Waals surface area (Å²) in [5, 5.41) is 3.30. The van der Waals surface area contributed by atoms with Gasteiger partial charge in [0.1, 0.15) is 5.75 Å². The Bertz CT molecular complexity index is 396. The van der Waals surface area contributed by atoms with Gasteiger partial charge in [-0.3, -0.25) is 0 Å². The maximum Gasteiger partial charge on any atom is 0.125 e. The molecule has 0 amide bonds. The van der Waals surface area contributed by atoms with Crippen LogP contribution in [0.2, 0.25) is 0 Å². The summed E-state index contributed by atoms with van der Waals surface area (Å²) in [6.45, 7) is 12.2. The van der Waals surface area contributed by atoms with Crippen LogP contribution in [0.3, 0.4) is 0 Å². The van der Waals surface area contributed by atoms with E-state index in [4.69, 9.17) is 10.5 Å². The van der Waals surface area contributed by atoms with E-state index in [0.717, 1.165) is 38.3 Å². The topological polar surface area (TPSA) is 47.3 Å². The minimum atomic E-state index is 0.115. The molecule has 3 heteroatoms. The van der Waals surface area contributed by atoms with Crippen LogP contribution in [0.4, 0.5) is 0 Å². The smallest absolute Gasteiger partial charge is 0.125 e. The number of para-hydroxylation sites is 1. The van der Waals surface area contributed by atoms with E-state index in [2.05, 4.69) is 51.2 Å². The Labute approximate surface area is 123 Å². The number of nitrogens with two attached hydrogens (primary N) is 1. The van der Waals surface area contributed by atoms with E-state index in [-0.39, 0.29) is 5.41 Å². The van der Waals surface area contributed by atoms with Crippen molar-refractivity contribution in [3.63, 3.8) is 0 Å². The van der Waals surface area contributed by atoms with Crippen molar-refractivity contribution >= 4 is 0 Å². The second kappa shape index (κ2) is 8.28. The second-order valence-electron chi connectivity index (χ2n) is 6.30. The average molecular weight is 278 g/mol. The zero-order valence-electron chi connectivity index (χ0n) is 13.5. The molecule has 0 radical (unpaired) electrons. The molecule has 0 atom stereocenters. The van der Waals surface area contributed by atoms with Gasteiger partial charge in [-0.05, 0) is 42.9 Å². The van der Waals surface area contributed by atoms with Crippen LogP contribution in [0.1, 0.15) is 44.7 Å². The number of nitrogens with one attached hydrogen (secondary N) is 1. The molecule has 1 aromatic rings. The first-order valence-corrected chi connectivity index (χ1v) is 7.60. The second-order valence-corrected chi connectivity index (χ2v) is 6.30. The summed E-state index contributed by atoms with van der Waals surface area (Å²) in [4.78, 5) is 0. The summed E-state index contributed by atoms with van der Waals surface area (Å²) >= 11 is 0. The lowest BCUT2D eigenvalue weighted by molar-refractivity contribution is 0.296. The Balaban J connectivity index is 2.47. The molecule has 0 fully saturated rings. The number of aryl methyl sites for hydroxylation is 1. The molecular formula is C17H30N2O. The standard InChI is InChI=1S/C17H30N2O/c1-14-8-7-9-15(17(2,3)4)16(14)20-13-6-5-11-19-12-10-18/h7-9,19H,5-6,10-13,18H2,1-4H3. The Morgan fingerprint density at radius 2 is 1.90 bits per heavy atom. The number of rotatable bonds is 8. The van der Waals surface area contributed by atoms with E-state index in [9.17, 15) is 0 Å². The first-order valence-electron chi connectivity index (χ1n) is 7.60. The minimum absolute atomic E-state index is 0.115. The number of hydrogen-bond acceptors (Lipinski definition) is 3. The molecule has 3 N–H and O–H groups in total. The van der Waals surface area contributed by atoms with E-state index >= 15 is 0 Å². The molecule has 3 nitrogen and oxygen atoms in total. The van der Waals surface area contributed by atoms with Gasteiger partial charge in [0.05, 0.1) is 6.61 Å². The first kappa shape index (κ1) is 17.0. The summed E-state index contributed by atoms with van der Waals surface area (Å²) < 4.78 is 6.05. The highest BCUT2D eigenvalue weighted by Crippen LogP contribution is 2.33. The number of hydrogen-bond donors (Lipinski definition) is 2. The third-order valence-electron chi connectivity index (χ3n) is 3.34. The van der Waals surface area contributed by atoms with Crippen molar-refractivity contribution < 1.29 is 4.74 Å². The van der Waals surface area contributed by atoms with Crippen LogP contribution in [0, 0.1) is 6.92 Å². The number of benzene rings is 1. The molecule has 114 valence electrons. The molecule has 0 saturated carbocycles. The van der Waals surface area contributed by atoms with Crippen molar-refractivity contribution in [2.75, 3.05) is 26.2 Å². The Kier molecular flexibility index (Phi) is 7.03. The summed E-state index contributed by atoms with van der Waals surface area (Å²) in [6.07, 6.45) is 2.19. The lowest BCUT2D eigenvalue weighted by Crippen LogP contribution is -2.23. The predicted octanol–water partition coefficient (Wildman–Crippen LogP) is 3.00. The van der Waals surface area contributed by atoms with Crippen molar-refractivity contribution in [3.05, 3.63) is 29.3 Å². The third-order valence-corrected chi connectivity index (χ3v) is 3.34. The maximum atomic E-state index is 6.05. The largest absolute Gasteiger partial charge is 0.493 e. The zero-order chi connectivity index (χ0) is 15.0. The van der Waals surface area contributed by atoms with E-state index in [1.807, 2.05) is 0 Å². The van der Waals surface area contributed by atoms with E-state index < -0.39 is 0 Å². The summed E-state index contributed by atoms with van der Waals surface area (Å²) in [5.74, 6) is 1.06. The highest BCUT2D eigenvalue weighted by atomic mass is 16.5. The summed E-state index contributed by atoms with van der Waals surface area (Å²) in [5.41, 5.74) is 8.06. The normalized spacial score (nSPS) is 11.7. The monoisotopic (exact) mass is 278 g/mol. The van der Waals surface area contributed by atoms with Crippen molar-refractivity contribution in [2.24, 2.45) is 5.73 Å². The SMILES string of the molecule is Cc1cccc(C(C)(C)C)c1OCCCCNCCN. The van der Waals surface area contributed by atoms with Gasteiger partial charge < -0.3 is 15.8 Å².